The average molecular weight is 676 g/mol. The molecule has 0 saturated heterocycles. The minimum absolute atomic E-state index is 0.0287. The number of rotatable bonds is 3. The molecule has 138 valence electrons. The first-order chi connectivity index (χ1) is 12.3. The number of halogens is 4. The first-order valence-corrected chi connectivity index (χ1v) is 13.1. The Bertz CT molecular complexity index is 905. The van der Waals surface area contributed by atoms with Gasteiger partial charge in [0.15, 0.2) is 0 Å². The second kappa shape index (κ2) is 10.3. The van der Waals surface area contributed by atoms with E-state index in [1.54, 1.807) is 0 Å². The van der Waals surface area contributed by atoms with E-state index in [4.69, 9.17) is 4.55 Å². The van der Waals surface area contributed by atoms with Crippen LogP contribution in [-0.2, 0) is 10.1 Å². The van der Waals surface area contributed by atoms with Crippen LogP contribution in [0.25, 0.3) is 0 Å². The van der Waals surface area contributed by atoms with Gasteiger partial charge in [0.05, 0.1) is 0 Å². The molecule has 3 rings (SSSR count). The van der Waals surface area contributed by atoms with E-state index < -0.39 is 10.1 Å². The molecule has 0 radical (unpaired) electrons. The molecule has 0 saturated carbocycles. The fraction of sp³-hybridized carbons (Fsp3) is 0. The molecule has 3 aromatic carbocycles. The van der Waals surface area contributed by atoms with E-state index in [0.717, 1.165) is 0 Å². The Morgan fingerprint density at radius 1 is 0.731 bits per heavy atom. The van der Waals surface area contributed by atoms with Crippen molar-refractivity contribution in [2.24, 2.45) is 0 Å². The van der Waals surface area contributed by atoms with Crippen LogP contribution in [-0.4, -0.2) is 13.0 Å². The fourth-order valence-corrected chi connectivity index (χ4v) is 8.22. The van der Waals surface area contributed by atoms with Gasteiger partial charge in [-0.2, -0.15) is 8.42 Å². The molecule has 3 aromatic rings. The van der Waals surface area contributed by atoms with Crippen LogP contribution in [0.15, 0.2) is 91.1 Å². The second-order valence-corrected chi connectivity index (χ2v) is 11.9. The molecule has 3 nitrogen and oxygen atoms in total. The standard InChI is InChI=1S/C12H10I.C6H3Br3O3S/c1-3-7-11(8-4-1)13-12-9-5-2-6-10-12;7-3-1-4(8)6(5(9)2-3)13(10,11)12/h1-10H;1-2H,(H,10,11,12)/q-1;. The number of benzene rings is 3. The molecule has 0 aliphatic rings. The summed E-state index contributed by atoms with van der Waals surface area (Å²) in [6.45, 7) is 0. The van der Waals surface area contributed by atoms with Gasteiger partial charge in [-0.1, -0.05) is 15.9 Å². The molecular weight excluding hydrogens is 663 g/mol. The van der Waals surface area contributed by atoms with Gasteiger partial charge >= 0.3 is 89.0 Å². The van der Waals surface area contributed by atoms with Crippen molar-refractivity contribution in [1.29, 1.82) is 0 Å². The van der Waals surface area contributed by atoms with Crippen molar-refractivity contribution in [2.75, 3.05) is 0 Å². The Balaban J connectivity index is 0.000000187. The van der Waals surface area contributed by atoms with Gasteiger partial charge in [-0.05, 0) is 44.0 Å². The topological polar surface area (TPSA) is 54.4 Å². The molecule has 0 fully saturated rings. The van der Waals surface area contributed by atoms with Crippen LogP contribution in [0.2, 0.25) is 0 Å². The third-order valence-corrected chi connectivity index (χ3v) is 8.78. The summed E-state index contributed by atoms with van der Waals surface area (Å²) < 4.78 is 34.8. The molecule has 0 spiro atoms. The molecule has 8 heteroatoms. The van der Waals surface area contributed by atoms with E-state index in [0.29, 0.717) is 13.4 Å². The molecular formula is C18H13Br3IO3S-. The number of hydrogen-bond donors (Lipinski definition) is 1. The summed E-state index contributed by atoms with van der Waals surface area (Å²) in [5, 5.41) is 0. The predicted octanol–water partition coefficient (Wildman–Crippen LogP) is 3.04. The normalized spacial score (nSPS) is 10.9. The Kier molecular flexibility index (Phi) is 8.75. The van der Waals surface area contributed by atoms with Crippen molar-refractivity contribution in [3.63, 3.8) is 0 Å². The van der Waals surface area contributed by atoms with Gasteiger partial charge in [0.25, 0.3) is 10.1 Å². The van der Waals surface area contributed by atoms with Crippen molar-refractivity contribution < 1.29 is 34.2 Å². The van der Waals surface area contributed by atoms with E-state index in [2.05, 4.69) is 108 Å². The summed E-state index contributed by atoms with van der Waals surface area (Å²) in [6.07, 6.45) is 0. The van der Waals surface area contributed by atoms with Crippen LogP contribution in [0.1, 0.15) is 0 Å². The third kappa shape index (κ3) is 7.05. The summed E-state index contributed by atoms with van der Waals surface area (Å²) in [4.78, 5) is -0.171. The molecule has 0 aliphatic carbocycles. The van der Waals surface area contributed by atoms with E-state index in [9.17, 15) is 8.42 Å². The van der Waals surface area contributed by atoms with Crippen LogP contribution in [0.5, 0.6) is 0 Å². The maximum atomic E-state index is 10.9. The van der Waals surface area contributed by atoms with Gasteiger partial charge in [0.1, 0.15) is 4.90 Å². The average Bonchev–Trinajstić information content (AvgIpc) is 2.55. The van der Waals surface area contributed by atoms with Gasteiger partial charge in [-0.3, -0.25) is 4.55 Å². The SMILES string of the molecule is O=S(=O)(O)c1c(Br)cc(Br)cc1Br.c1ccc([I-]c2ccccc2)cc1. The van der Waals surface area contributed by atoms with Gasteiger partial charge < -0.3 is 0 Å². The van der Waals surface area contributed by atoms with E-state index in [1.165, 1.54) is 19.3 Å². The molecule has 0 heterocycles. The van der Waals surface area contributed by atoms with Crippen molar-refractivity contribution in [3.8, 4) is 0 Å². The zero-order valence-corrected chi connectivity index (χ0v) is 20.8. The second-order valence-electron chi connectivity index (χ2n) is 4.86. The monoisotopic (exact) mass is 673 g/mol. The van der Waals surface area contributed by atoms with Crippen LogP contribution in [0.3, 0.4) is 0 Å². The van der Waals surface area contributed by atoms with Crippen molar-refractivity contribution in [3.05, 3.63) is 93.4 Å². The van der Waals surface area contributed by atoms with E-state index in [-0.39, 0.29) is 26.1 Å². The minimum atomic E-state index is -4.20. The van der Waals surface area contributed by atoms with E-state index >= 15 is 0 Å². The summed E-state index contributed by atoms with van der Waals surface area (Å²) in [5.74, 6) is 0. The number of hydrogen-bond acceptors (Lipinski definition) is 2. The third-order valence-electron chi connectivity index (χ3n) is 2.91. The molecule has 0 aliphatic heterocycles. The Hall–Kier alpha value is -0.260. The molecule has 0 bridgehead atoms. The summed E-state index contributed by atoms with van der Waals surface area (Å²) in [5.41, 5.74) is 0. The van der Waals surface area contributed by atoms with Crippen molar-refractivity contribution in [2.45, 2.75) is 4.90 Å². The van der Waals surface area contributed by atoms with Gasteiger partial charge in [0, 0.05) is 13.4 Å². The van der Waals surface area contributed by atoms with Crippen molar-refractivity contribution in [1.82, 2.24) is 0 Å². The van der Waals surface area contributed by atoms with Crippen LogP contribution < -0.4 is 21.2 Å². The molecule has 0 aromatic heterocycles. The Morgan fingerprint density at radius 3 is 1.46 bits per heavy atom. The summed E-state index contributed by atoms with van der Waals surface area (Å²) in [6, 6.07) is 24.5. The van der Waals surface area contributed by atoms with Crippen LogP contribution >= 0.6 is 47.8 Å². The summed E-state index contributed by atoms with van der Waals surface area (Å²) >= 11 is 9.28. The molecule has 26 heavy (non-hydrogen) atoms. The van der Waals surface area contributed by atoms with Crippen LogP contribution in [0.4, 0.5) is 0 Å². The molecule has 0 unspecified atom stereocenters. The van der Waals surface area contributed by atoms with E-state index in [1.807, 2.05) is 0 Å². The summed E-state index contributed by atoms with van der Waals surface area (Å²) in [7, 11) is -4.20. The quantitative estimate of drug-likeness (QED) is 0.343. The Labute approximate surface area is 188 Å². The maximum absolute atomic E-state index is 10.9. The molecule has 0 atom stereocenters. The van der Waals surface area contributed by atoms with Crippen molar-refractivity contribution >= 4 is 57.9 Å². The first-order valence-electron chi connectivity index (χ1n) is 7.14. The molecule has 0 amide bonds. The fourth-order valence-electron chi connectivity index (χ4n) is 1.86. The van der Waals surface area contributed by atoms with Crippen LogP contribution in [0, 0.1) is 7.14 Å². The van der Waals surface area contributed by atoms with Gasteiger partial charge in [-0.25, -0.2) is 0 Å². The zero-order chi connectivity index (χ0) is 19.2. The first kappa shape index (κ1) is 22.0. The molecule has 1 N–H and O–H groups in total. The zero-order valence-electron chi connectivity index (χ0n) is 13.1. The van der Waals surface area contributed by atoms with Gasteiger partial charge in [-0.15, -0.1) is 0 Å². The van der Waals surface area contributed by atoms with Gasteiger partial charge in [0.2, 0.25) is 0 Å². The predicted molar refractivity (Wildman–Crippen MR) is 110 cm³/mol. The Morgan fingerprint density at radius 2 is 1.12 bits per heavy atom.